The van der Waals surface area contributed by atoms with Gasteiger partial charge in [-0.3, -0.25) is 0 Å². The molecule has 0 fully saturated rings. The first-order valence-corrected chi connectivity index (χ1v) is 5.11. The number of hydrogen-bond acceptors (Lipinski definition) is 1. The molecule has 0 amide bonds. The van der Waals surface area contributed by atoms with E-state index in [0.717, 1.165) is 6.42 Å². The molecule has 0 atom stereocenters. The molecule has 0 aromatic carbocycles. The summed E-state index contributed by atoms with van der Waals surface area (Å²) in [5, 5.41) is 2.12. The van der Waals surface area contributed by atoms with Crippen LogP contribution in [0.2, 0.25) is 0 Å². The molecule has 2 heteroatoms. The number of hydrogen-bond donors (Lipinski definition) is 1. The third-order valence-corrected chi connectivity index (χ3v) is 2.94. The summed E-state index contributed by atoms with van der Waals surface area (Å²) >= 11 is 1.77. The van der Waals surface area contributed by atoms with Crippen LogP contribution in [0.25, 0.3) is 10.6 Å². The molecule has 0 saturated heterocycles. The van der Waals surface area contributed by atoms with Crippen molar-refractivity contribution in [1.82, 2.24) is 4.98 Å². The van der Waals surface area contributed by atoms with Gasteiger partial charge in [0, 0.05) is 6.20 Å². The smallest absolute Gasteiger partial charge is 0.0558 e. The summed E-state index contributed by atoms with van der Waals surface area (Å²) in [6.07, 6.45) is 4.83. The van der Waals surface area contributed by atoms with Crippen LogP contribution in [0.1, 0.15) is 5.56 Å². The van der Waals surface area contributed by atoms with Crippen LogP contribution >= 0.6 is 11.3 Å². The van der Waals surface area contributed by atoms with Gasteiger partial charge in [-0.15, -0.1) is 17.9 Å². The molecule has 2 rings (SSSR count). The molecule has 0 saturated carbocycles. The first-order valence-electron chi connectivity index (χ1n) is 4.23. The van der Waals surface area contributed by atoms with Gasteiger partial charge in [-0.25, -0.2) is 0 Å². The van der Waals surface area contributed by atoms with Gasteiger partial charge in [0.1, 0.15) is 0 Å². The minimum atomic E-state index is 0.942. The van der Waals surface area contributed by atoms with Crippen LogP contribution in [0.5, 0.6) is 0 Å². The van der Waals surface area contributed by atoms with Gasteiger partial charge in [0.05, 0.1) is 10.6 Å². The van der Waals surface area contributed by atoms with E-state index in [1.165, 1.54) is 16.1 Å². The average molecular weight is 189 g/mol. The Morgan fingerprint density at radius 3 is 3.08 bits per heavy atom. The van der Waals surface area contributed by atoms with Crippen molar-refractivity contribution in [2.24, 2.45) is 0 Å². The second-order valence-corrected chi connectivity index (χ2v) is 3.77. The van der Waals surface area contributed by atoms with Crippen LogP contribution in [0, 0.1) is 0 Å². The Bertz CT molecular complexity index is 384. The number of H-pyrrole nitrogens is 1. The van der Waals surface area contributed by atoms with Crippen molar-refractivity contribution in [2.45, 2.75) is 6.42 Å². The number of nitrogens with one attached hydrogen (secondary N) is 1. The van der Waals surface area contributed by atoms with Crippen molar-refractivity contribution in [3.63, 3.8) is 0 Å². The number of aromatic amines is 1. The Labute approximate surface area is 81.7 Å². The lowest BCUT2D eigenvalue weighted by molar-refractivity contribution is 1.29. The molecule has 0 aliphatic heterocycles. The zero-order valence-electron chi connectivity index (χ0n) is 7.29. The van der Waals surface area contributed by atoms with Gasteiger partial charge in [-0.1, -0.05) is 6.08 Å². The monoisotopic (exact) mass is 189 g/mol. The highest BCUT2D eigenvalue weighted by atomic mass is 32.1. The van der Waals surface area contributed by atoms with E-state index in [-0.39, 0.29) is 0 Å². The maximum Gasteiger partial charge on any atom is 0.0558 e. The van der Waals surface area contributed by atoms with Crippen LogP contribution in [0.4, 0.5) is 0 Å². The topological polar surface area (TPSA) is 15.8 Å². The third-order valence-electron chi connectivity index (χ3n) is 1.95. The number of thiophene rings is 1. The van der Waals surface area contributed by atoms with E-state index < -0.39 is 0 Å². The second kappa shape index (κ2) is 3.62. The van der Waals surface area contributed by atoms with Crippen LogP contribution < -0.4 is 0 Å². The zero-order chi connectivity index (χ0) is 9.10. The van der Waals surface area contributed by atoms with Gasteiger partial charge in [-0.2, -0.15) is 0 Å². The first kappa shape index (κ1) is 8.32. The Balaban J connectivity index is 2.40. The molecule has 1 N–H and O–H groups in total. The SMILES string of the molecule is C=CCc1ccsc1-c1ccc[nH]1. The fourth-order valence-corrected chi connectivity index (χ4v) is 2.28. The molecule has 0 aliphatic rings. The molecule has 2 heterocycles. The number of rotatable bonds is 3. The number of allylic oxidation sites excluding steroid dienone is 1. The Kier molecular flexibility index (Phi) is 2.32. The fourth-order valence-electron chi connectivity index (χ4n) is 1.36. The third kappa shape index (κ3) is 1.58. The molecular weight excluding hydrogens is 178 g/mol. The quantitative estimate of drug-likeness (QED) is 0.711. The fraction of sp³-hybridized carbons (Fsp3) is 0.0909. The van der Waals surface area contributed by atoms with E-state index in [9.17, 15) is 0 Å². The molecule has 0 unspecified atom stereocenters. The van der Waals surface area contributed by atoms with Gasteiger partial charge in [-0.05, 0) is 35.6 Å². The second-order valence-electron chi connectivity index (χ2n) is 2.85. The van der Waals surface area contributed by atoms with E-state index >= 15 is 0 Å². The van der Waals surface area contributed by atoms with Gasteiger partial charge in [0.25, 0.3) is 0 Å². The number of aromatic nitrogens is 1. The van der Waals surface area contributed by atoms with E-state index in [1.54, 1.807) is 11.3 Å². The van der Waals surface area contributed by atoms with E-state index in [0.29, 0.717) is 0 Å². The van der Waals surface area contributed by atoms with Crippen LogP contribution in [-0.2, 0) is 6.42 Å². The lowest BCUT2D eigenvalue weighted by Crippen LogP contribution is -1.80. The summed E-state index contributed by atoms with van der Waals surface area (Å²) in [5.41, 5.74) is 2.55. The highest BCUT2D eigenvalue weighted by Gasteiger charge is 2.05. The maximum absolute atomic E-state index is 3.75. The molecule has 0 bridgehead atoms. The Hall–Kier alpha value is -1.28. The highest BCUT2D eigenvalue weighted by molar-refractivity contribution is 7.13. The van der Waals surface area contributed by atoms with E-state index in [4.69, 9.17) is 0 Å². The molecule has 2 aromatic heterocycles. The summed E-state index contributed by atoms with van der Waals surface area (Å²) < 4.78 is 0. The molecule has 0 spiro atoms. The molecule has 0 aliphatic carbocycles. The molecule has 13 heavy (non-hydrogen) atoms. The van der Waals surface area contributed by atoms with Crippen molar-refractivity contribution in [1.29, 1.82) is 0 Å². The van der Waals surface area contributed by atoms with Crippen molar-refractivity contribution in [3.05, 3.63) is 48.0 Å². The van der Waals surface area contributed by atoms with Gasteiger partial charge >= 0.3 is 0 Å². The normalized spacial score (nSPS) is 10.2. The van der Waals surface area contributed by atoms with Crippen LogP contribution in [0.3, 0.4) is 0 Å². The van der Waals surface area contributed by atoms with Gasteiger partial charge < -0.3 is 4.98 Å². The van der Waals surface area contributed by atoms with E-state index in [2.05, 4.69) is 29.1 Å². The predicted molar refractivity (Wildman–Crippen MR) is 58.0 cm³/mol. The van der Waals surface area contributed by atoms with Crippen LogP contribution in [-0.4, -0.2) is 4.98 Å². The molecule has 2 aromatic rings. The minimum absolute atomic E-state index is 0.942. The minimum Gasteiger partial charge on any atom is -0.361 e. The zero-order valence-corrected chi connectivity index (χ0v) is 8.10. The summed E-state index contributed by atoms with van der Waals surface area (Å²) in [4.78, 5) is 4.54. The van der Waals surface area contributed by atoms with Gasteiger partial charge in [0.15, 0.2) is 0 Å². The summed E-state index contributed by atoms with van der Waals surface area (Å²) in [7, 11) is 0. The summed E-state index contributed by atoms with van der Waals surface area (Å²) in [6, 6.07) is 6.27. The highest BCUT2D eigenvalue weighted by Crippen LogP contribution is 2.28. The standard InChI is InChI=1S/C11H11NS/c1-2-4-9-6-8-13-11(9)10-5-3-7-12-10/h2-3,5-8,12H,1,4H2. The first-order chi connectivity index (χ1) is 6.42. The lowest BCUT2D eigenvalue weighted by Gasteiger charge is -1.97. The predicted octanol–water partition coefficient (Wildman–Crippen LogP) is 3.47. The molecule has 66 valence electrons. The largest absolute Gasteiger partial charge is 0.361 e. The summed E-state index contributed by atoms with van der Waals surface area (Å²) in [6.45, 7) is 3.75. The average Bonchev–Trinajstić information content (AvgIpc) is 2.71. The maximum atomic E-state index is 3.75. The van der Waals surface area contributed by atoms with Crippen molar-refractivity contribution < 1.29 is 0 Å². The lowest BCUT2D eigenvalue weighted by atomic mass is 10.1. The van der Waals surface area contributed by atoms with Crippen molar-refractivity contribution in [2.75, 3.05) is 0 Å². The Morgan fingerprint density at radius 1 is 1.46 bits per heavy atom. The van der Waals surface area contributed by atoms with Gasteiger partial charge in [0.2, 0.25) is 0 Å². The molecule has 0 radical (unpaired) electrons. The summed E-state index contributed by atoms with van der Waals surface area (Å²) in [5.74, 6) is 0. The Morgan fingerprint density at radius 2 is 2.38 bits per heavy atom. The molecule has 1 nitrogen and oxygen atoms in total. The van der Waals surface area contributed by atoms with E-state index in [1.807, 2.05) is 18.3 Å². The molecular formula is C11H11NS. The van der Waals surface area contributed by atoms with Crippen molar-refractivity contribution >= 4 is 11.3 Å². The van der Waals surface area contributed by atoms with Crippen LogP contribution in [0.15, 0.2) is 42.4 Å². The van der Waals surface area contributed by atoms with Crippen molar-refractivity contribution in [3.8, 4) is 10.6 Å².